The number of piperidine rings is 1. The van der Waals surface area contributed by atoms with Gasteiger partial charge in [-0.15, -0.1) is 0 Å². The van der Waals surface area contributed by atoms with Crippen molar-refractivity contribution in [3.05, 3.63) is 39.9 Å². The summed E-state index contributed by atoms with van der Waals surface area (Å²) in [5.41, 5.74) is 0.602. The number of hydrogen-bond acceptors (Lipinski definition) is 6. The van der Waals surface area contributed by atoms with Gasteiger partial charge in [0.05, 0.1) is 23.7 Å². The van der Waals surface area contributed by atoms with Crippen LogP contribution in [-0.4, -0.2) is 51.4 Å². The fraction of sp³-hybridized carbons (Fsp3) is 0.462. The first-order valence-corrected chi connectivity index (χ1v) is 6.48. The van der Waals surface area contributed by atoms with Crippen LogP contribution in [-0.2, 0) is 11.3 Å². The second kappa shape index (κ2) is 6.51. The largest absolute Gasteiger partial charge is 0.445 e. The Morgan fingerprint density at radius 2 is 2.00 bits per heavy atom. The molecule has 1 aliphatic rings. The Morgan fingerprint density at radius 1 is 1.33 bits per heavy atom. The molecule has 1 heterocycles. The van der Waals surface area contributed by atoms with Crippen LogP contribution in [0.4, 0.5) is 10.5 Å². The molecule has 2 N–H and O–H groups in total. The van der Waals surface area contributed by atoms with Crippen molar-refractivity contribution in [1.29, 1.82) is 0 Å². The number of nitro benzene ring substituents is 1. The summed E-state index contributed by atoms with van der Waals surface area (Å²) in [6, 6.07) is 5.70. The first-order chi connectivity index (χ1) is 9.97. The summed E-state index contributed by atoms with van der Waals surface area (Å²) in [6.07, 6.45) is -2.07. The summed E-state index contributed by atoms with van der Waals surface area (Å²) in [5.74, 6) is 0. The van der Waals surface area contributed by atoms with Gasteiger partial charge < -0.3 is 19.8 Å². The molecule has 1 aliphatic heterocycles. The van der Waals surface area contributed by atoms with E-state index in [2.05, 4.69) is 0 Å². The molecular formula is C13H16N2O6. The number of nitro groups is 1. The van der Waals surface area contributed by atoms with Crippen molar-refractivity contribution in [2.24, 2.45) is 0 Å². The van der Waals surface area contributed by atoms with Crippen LogP contribution in [0.1, 0.15) is 12.0 Å². The topological polar surface area (TPSA) is 113 Å². The van der Waals surface area contributed by atoms with Crippen LogP contribution in [0.2, 0.25) is 0 Å². The molecule has 2 rings (SSSR count). The van der Waals surface area contributed by atoms with E-state index in [0.717, 1.165) is 0 Å². The van der Waals surface area contributed by atoms with Crippen LogP contribution in [0.15, 0.2) is 24.3 Å². The molecule has 0 bridgehead atoms. The Hall–Kier alpha value is -2.19. The minimum Gasteiger partial charge on any atom is -0.445 e. The summed E-state index contributed by atoms with van der Waals surface area (Å²) in [5, 5.41) is 29.4. The minimum atomic E-state index is -0.967. The molecule has 0 aliphatic carbocycles. The quantitative estimate of drug-likeness (QED) is 0.625. The van der Waals surface area contributed by atoms with Gasteiger partial charge in [-0.1, -0.05) is 0 Å². The summed E-state index contributed by atoms with van der Waals surface area (Å²) >= 11 is 0. The van der Waals surface area contributed by atoms with E-state index < -0.39 is 23.2 Å². The normalized spacial score (nSPS) is 21.9. The minimum absolute atomic E-state index is 0.00796. The molecule has 1 amide bonds. The maximum atomic E-state index is 11.8. The average Bonchev–Trinajstić information content (AvgIpc) is 2.48. The van der Waals surface area contributed by atoms with Crippen molar-refractivity contribution in [3.8, 4) is 0 Å². The zero-order valence-corrected chi connectivity index (χ0v) is 11.2. The third-order valence-corrected chi connectivity index (χ3v) is 3.31. The molecule has 0 unspecified atom stereocenters. The van der Waals surface area contributed by atoms with Crippen LogP contribution in [0.25, 0.3) is 0 Å². The first kappa shape index (κ1) is 15.2. The molecule has 1 saturated heterocycles. The molecular weight excluding hydrogens is 280 g/mol. The Kier molecular flexibility index (Phi) is 4.71. The van der Waals surface area contributed by atoms with Crippen molar-refractivity contribution >= 4 is 11.8 Å². The van der Waals surface area contributed by atoms with Crippen molar-refractivity contribution in [1.82, 2.24) is 4.90 Å². The van der Waals surface area contributed by atoms with Crippen LogP contribution >= 0.6 is 0 Å². The molecule has 0 spiro atoms. The SMILES string of the molecule is O=C(OCc1ccc([N+](=O)[O-])cc1)N1CC[C@H](O)[C@H](O)C1. The van der Waals surface area contributed by atoms with Gasteiger partial charge in [-0.2, -0.15) is 0 Å². The number of non-ortho nitro benzene ring substituents is 1. The molecule has 2 atom stereocenters. The lowest BCUT2D eigenvalue weighted by atomic mass is 10.1. The molecule has 21 heavy (non-hydrogen) atoms. The standard InChI is InChI=1S/C13H16N2O6/c16-11-5-6-14(7-12(11)17)13(18)21-8-9-1-3-10(4-2-9)15(19)20/h1-4,11-12,16-17H,5-8H2/t11-,12+/m0/s1. The monoisotopic (exact) mass is 296 g/mol. The molecule has 8 nitrogen and oxygen atoms in total. The zero-order valence-electron chi connectivity index (χ0n) is 11.2. The molecule has 8 heteroatoms. The average molecular weight is 296 g/mol. The van der Waals surface area contributed by atoms with Crippen molar-refractivity contribution in [3.63, 3.8) is 0 Å². The number of aliphatic hydroxyl groups excluding tert-OH is 2. The van der Waals surface area contributed by atoms with Gasteiger partial charge in [0, 0.05) is 18.7 Å². The number of rotatable bonds is 3. The molecule has 1 aromatic carbocycles. The van der Waals surface area contributed by atoms with Gasteiger partial charge >= 0.3 is 6.09 Å². The molecule has 0 saturated carbocycles. The lowest BCUT2D eigenvalue weighted by Crippen LogP contribution is -2.49. The lowest BCUT2D eigenvalue weighted by Gasteiger charge is -2.32. The molecule has 1 fully saturated rings. The second-order valence-corrected chi connectivity index (χ2v) is 4.85. The first-order valence-electron chi connectivity index (χ1n) is 6.48. The third-order valence-electron chi connectivity index (χ3n) is 3.31. The fourth-order valence-electron chi connectivity index (χ4n) is 2.04. The van der Waals surface area contributed by atoms with Crippen molar-refractivity contribution in [2.75, 3.05) is 13.1 Å². The number of carbonyl (C=O) groups is 1. The van der Waals surface area contributed by atoms with Crippen LogP contribution < -0.4 is 0 Å². The van der Waals surface area contributed by atoms with E-state index in [1.807, 2.05) is 0 Å². The number of carbonyl (C=O) groups excluding carboxylic acids is 1. The number of amides is 1. The van der Waals surface area contributed by atoms with Gasteiger partial charge in [-0.3, -0.25) is 10.1 Å². The highest BCUT2D eigenvalue weighted by molar-refractivity contribution is 5.67. The number of likely N-dealkylation sites (tertiary alicyclic amines) is 1. The highest BCUT2D eigenvalue weighted by Crippen LogP contribution is 2.15. The summed E-state index contributed by atoms with van der Waals surface area (Å²) in [6.45, 7) is 0.337. The highest BCUT2D eigenvalue weighted by Gasteiger charge is 2.29. The van der Waals surface area contributed by atoms with E-state index >= 15 is 0 Å². The van der Waals surface area contributed by atoms with E-state index in [0.29, 0.717) is 18.5 Å². The molecule has 114 valence electrons. The maximum absolute atomic E-state index is 11.8. The van der Waals surface area contributed by atoms with Gasteiger partial charge in [0.25, 0.3) is 5.69 Å². The maximum Gasteiger partial charge on any atom is 0.410 e. The number of aliphatic hydroxyl groups is 2. The summed E-state index contributed by atoms with van der Waals surface area (Å²) in [4.78, 5) is 23.1. The Morgan fingerprint density at radius 3 is 2.57 bits per heavy atom. The third kappa shape index (κ3) is 3.89. The second-order valence-electron chi connectivity index (χ2n) is 4.85. The fourth-order valence-corrected chi connectivity index (χ4v) is 2.04. The predicted molar refractivity (Wildman–Crippen MR) is 71.5 cm³/mol. The Labute approximate surface area is 120 Å². The number of nitrogens with zero attached hydrogens (tertiary/aromatic N) is 2. The predicted octanol–water partition coefficient (Wildman–Crippen LogP) is 0.659. The number of β-amino-alcohol motifs (C(OH)–C–C–N with tert-alkyl or cyclic N) is 1. The molecule has 0 aromatic heterocycles. The van der Waals surface area contributed by atoms with E-state index in [-0.39, 0.29) is 18.8 Å². The van der Waals surface area contributed by atoms with Crippen molar-refractivity contribution < 1.29 is 24.7 Å². The van der Waals surface area contributed by atoms with Crippen LogP contribution in [0.3, 0.4) is 0 Å². The molecule has 1 aromatic rings. The van der Waals surface area contributed by atoms with Gasteiger partial charge in [-0.25, -0.2) is 4.79 Å². The Balaban J connectivity index is 1.85. The van der Waals surface area contributed by atoms with Gasteiger partial charge in [-0.05, 0) is 24.1 Å². The summed E-state index contributed by atoms with van der Waals surface area (Å²) in [7, 11) is 0. The van der Waals surface area contributed by atoms with Crippen LogP contribution in [0.5, 0.6) is 0 Å². The van der Waals surface area contributed by atoms with E-state index in [1.165, 1.54) is 29.2 Å². The van der Waals surface area contributed by atoms with Gasteiger partial charge in [0.2, 0.25) is 0 Å². The number of benzene rings is 1. The zero-order chi connectivity index (χ0) is 15.4. The summed E-state index contributed by atoms with van der Waals surface area (Å²) < 4.78 is 5.08. The van der Waals surface area contributed by atoms with Crippen molar-refractivity contribution in [2.45, 2.75) is 25.2 Å². The van der Waals surface area contributed by atoms with E-state index in [1.54, 1.807) is 0 Å². The van der Waals surface area contributed by atoms with E-state index in [4.69, 9.17) is 4.74 Å². The Bertz CT molecular complexity index is 518. The smallest absolute Gasteiger partial charge is 0.410 e. The lowest BCUT2D eigenvalue weighted by molar-refractivity contribution is -0.384. The molecule has 0 radical (unpaired) electrons. The highest BCUT2D eigenvalue weighted by atomic mass is 16.6. The number of ether oxygens (including phenoxy) is 1. The van der Waals surface area contributed by atoms with E-state index in [9.17, 15) is 25.1 Å². The van der Waals surface area contributed by atoms with Crippen LogP contribution in [0, 0.1) is 10.1 Å². The van der Waals surface area contributed by atoms with Gasteiger partial charge in [0.15, 0.2) is 0 Å². The van der Waals surface area contributed by atoms with Gasteiger partial charge in [0.1, 0.15) is 6.61 Å². The number of hydrogen-bond donors (Lipinski definition) is 2.